The van der Waals surface area contributed by atoms with Crippen LogP contribution in [0.3, 0.4) is 0 Å². The molecule has 2 N–H and O–H groups in total. The van der Waals surface area contributed by atoms with Crippen molar-refractivity contribution in [3.63, 3.8) is 0 Å². The van der Waals surface area contributed by atoms with E-state index in [4.69, 9.17) is 5.73 Å². The summed E-state index contributed by atoms with van der Waals surface area (Å²) in [6, 6.07) is 12.4. The Morgan fingerprint density at radius 2 is 2.00 bits per heavy atom. The van der Waals surface area contributed by atoms with Gasteiger partial charge in [0, 0.05) is 13.6 Å². The second-order valence-corrected chi connectivity index (χ2v) is 4.96. The van der Waals surface area contributed by atoms with Crippen molar-refractivity contribution in [2.24, 2.45) is 0 Å². The Morgan fingerprint density at radius 1 is 1.25 bits per heavy atom. The number of hydrogen-bond acceptors (Lipinski definition) is 4. The van der Waals surface area contributed by atoms with Gasteiger partial charge in [-0.05, 0) is 24.1 Å². The molecule has 0 aliphatic carbocycles. The molecular formula is C15H17N5. The Hall–Kier alpha value is -2.56. The third-order valence-electron chi connectivity index (χ3n) is 3.34. The predicted octanol–water partition coefficient (Wildman–Crippen LogP) is 2.26. The number of anilines is 2. The fourth-order valence-corrected chi connectivity index (χ4v) is 2.37. The quantitative estimate of drug-likeness (QED) is 0.790. The Kier molecular flexibility index (Phi) is 3.02. The number of benzene rings is 1. The van der Waals surface area contributed by atoms with Gasteiger partial charge in [0.1, 0.15) is 0 Å². The molecule has 0 saturated heterocycles. The van der Waals surface area contributed by atoms with Crippen LogP contribution in [0.4, 0.5) is 11.6 Å². The third kappa shape index (κ3) is 2.30. The normalized spacial score (nSPS) is 10.9. The monoisotopic (exact) mass is 267 g/mol. The predicted molar refractivity (Wildman–Crippen MR) is 80.7 cm³/mol. The average molecular weight is 267 g/mol. The fraction of sp³-hybridized carbons (Fsp3) is 0.200. The number of rotatable bonds is 3. The van der Waals surface area contributed by atoms with Crippen molar-refractivity contribution in [2.45, 2.75) is 13.5 Å². The molecule has 0 atom stereocenters. The van der Waals surface area contributed by atoms with Crippen LogP contribution in [-0.2, 0) is 6.54 Å². The molecule has 3 aromatic rings. The van der Waals surface area contributed by atoms with E-state index in [2.05, 4.69) is 53.2 Å². The summed E-state index contributed by atoms with van der Waals surface area (Å²) in [6.45, 7) is 2.92. The van der Waals surface area contributed by atoms with Crippen LogP contribution in [0.25, 0.3) is 5.65 Å². The minimum absolute atomic E-state index is 0.298. The smallest absolute Gasteiger partial charge is 0.240 e. The first kappa shape index (κ1) is 12.5. The lowest BCUT2D eigenvalue weighted by Crippen LogP contribution is -2.18. The van der Waals surface area contributed by atoms with Crippen LogP contribution >= 0.6 is 0 Å². The Labute approximate surface area is 117 Å². The van der Waals surface area contributed by atoms with E-state index in [0.717, 1.165) is 23.4 Å². The van der Waals surface area contributed by atoms with Gasteiger partial charge in [0.2, 0.25) is 5.95 Å². The summed E-state index contributed by atoms with van der Waals surface area (Å²) >= 11 is 0. The van der Waals surface area contributed by atoms with Crippen LogP contribution in [0.1, 0.15) is 11.1 Å². The SMILES string of the molecule is Cc1cc2nc(N)nn2cc1N(C)Cc1ccccc1. The van der Waals surface area contributed by atoms with Gasteiger partial charge in [-0.15, -0.1) is 5.10 Å². The van der Waals surface area contributed by atoms with E-state index < -0.39 is 0 Å². The molecule has 0 saturated carbocycles. The molecule has 0 aliphatic heterocycles. The molecule has 0 fully saturated rings. The first-order valence-corrected chi connectivity index (χ1v) is 6.51. The second-order valence-electron chi connectivity index (χ2n) is 4.96. The van der Waals surface area contributed by atoms with Gasteiger partial charge >= 0.3 is 0 Å². The highest BCUT2D eigenvalue weighted by molar-refractivity contribution is 5.58. The Bertz CT molecular complexity index is 733. The van der Waals surface area contributed by atoms with Crippen molar-refractivity contribution >= 4 is 17.3 Å². The van der Waals surface area contributed by atoms with E-state index in [-0.39, 0.29) is 0 Å². The highest BCUT2D eigenvalue weighted by atomic mass is 15.3. The molecule has 20 heavy (non-hydrogen) atoms. The zero-order valence-electron chi connectivity index (χ0n) is 11.6. The van der Waals surface area contributed by atoms with Gasteiger partial charge in [0.15, 0.2) is 5.65 Å². The van der Waals surface area contributed by atoms with Crippen LogP contribution in [0, 0.1) is 6.92 Å². The topological polar surface area (TPSA) is 59.4 Å². The molecule has 0 radical (unpaired) electrons. The van der Waals surface area contributed by atoms with E-state index in [1.54, 1.807) is 4.52 Å². The maximum Gasteiger partial charge on any atom is 0.240 e. The second kappa shape index (κ2) is 4.85. The average Bonchev–Trinajstić information content (AvgIpc) is 2.78. The van der Waals surface area contributed by atoms with Gasteiger partial charge in [-0.25, -0.2) is 4.52 Å². The zero-order chi connectivity index (χ0) is 14.1. The summed E-state index contributed by atoms with van der Waals surface area (Å²) in [5, 5.41) is 4.16. The third-order valence-corrected chi connectivity index (χ3v) is 3.34. The van der Waals surface area contributed by atoms with Crippen molar-refractivity contribution in [2.75, 3.05) is 17.7 Å². The molecule has 0 amide bonds. The number of nitrogens with zero attached hydrogens (tertiary/aromatic N) is 4. The summed E-state index contributed by atoms with van der Waals surface area (Å²) in [7, 11) is 2.07. The van der Waals surface area contributed by atoms with E-state index in [1.165, 1.54) is 5.56 Å². The number of nitrogens with two attached hydrogens (primary N) is 1. The van der Waals surface area contributed by atoms with Gasteiger partial charge in [0.05, 0.1) is 11.9 Å². The van der Waals surface area contributed by atoms with Gasteiger partial charge < -0.3 is 10.6 Å². The van der Waals surface area contributed by atoms with Crippen molar-refractivity contribution in [1.29, 1.82) is 0 Å². The number of fused-ring (bicyclic) bond motifs is 1. The Morgan fingerprint density at radius 3 is 2.75 bits per heavy atom. The molecular weight excluding hydrogens is 250 g/mol. The van der Waals surface area contributed by atoms with Crippen molar-refractivity contribution in [1.82, 2.24) is 14.6 Å². The van der Waals surface area contributed by atoms with Gasteiger partial charge in [0.25, 0.3) is 0 Å². The molecule has 0 unspecified atom stereocenters. The molecule has 5 heteroatoms. The zero-order valence-corrected chi connectivity index (χ0v) is 11.6. The number of nitrogen functional groups attached to an aromatic ring is 1. The molecule has 1 aromatic carbocycles. The molecule has 0 aliphatic rings. The van der Waals surface area contributed by atoms with Crippen LogP contribution in [0.5, 0.6) is 0 Å². The summed E-state index contributed by atoms with van der Waals surface area (Å²) in [4.78, 5) is 6.37. The van der Waals surface area contributed by atoms with Crippen LogP contribution in [0.2, 0.25) is 0 Å². The number of aromatic nitrogens is 3. The van der Waals surface area contributed by atoms with Crippen molar-refractivity contribution < 1.29 is 0 Å². The highest BCUT2D eigenvalue weighted by Gasteiger charge is 2.09. The largest absolute Gasteiger partial charge is 0.369 e. The van der Waals surface area contributed by atoms with Gasteiger partial charge in [-0.1, -0.05) is 30.3 Å². The summed E-state index contributed by atoms with van der Waals surface area (Å²) in [5.74, 6) is 0.298. The van der Waals surface area contributed by atoms with E-state index in [9.17, 15) is 0 Å². The molecule has 102 valence electrons. The van der Waals surface area contributed by atoms with Crippen molar-refractivity contribution in [3.05, 3.63) is 53.7 Å². The Balaban J connectivity index is 1.94. The van der Waals surface area contributed by atoms with Crippen LogP contribution in [-0.4, -0.2) is 21.6 Å². The lowest BCUT2D eigenvalue weighted by Gasteiger charge is -2.21. The molecule has 0 bridgehead atoms. The lowest BCUT2D eigenvalue weighted by molar-refractivity contribution is 0.888. The molecule has 5 nitrogen and oxygen atoms in total. The lowest BCUT2D eigenvalue weighted by atomic mass is 10.2. The van der Waals surface area contributed by atoms with Crippen molar-refractivity contribution in [3.8, 4) is 0 Å². The number of pyridine rings is 1. The first-order chi connectivity index (χ1) is 9.63. The maximum atomic E-state index is 5.63. The van der Waals surface area contributed by atoms with E-state index >= 15 is 0 Å². The minimum Gasteiger partial charge on any atom is -0.369 e. The minimum atomic E-state index is 0.298. The van der Waals surface area contributed by atoms with E-state index in [1.807, 2.05) is 18.3 Å². The van der Waals surface area contributed by atoms with E-state index in [0.29, 0.717) is 5.95 Å². The standard InChI is InChI=1S/C15H17N5/c1-11-8-14-17-15(16)18-20(14)10-13(11)19(2)9-12-6-4-3-5-7-12/h3-8,10H,9H2,1-2H3,(H2,16,18). The van der Waals surface area contributed by atoms with Crippen LogP contribution in [0.15, 0.2) is 42.6 Å². The van der Waals surface area contributed by atoms with Gasteiger partial charge in [-0.3, -0.25) is 0 Å². The molecule has 2 aromatic heterocycles. The molecule has 2 heterocycles. The molecule has 3 rings (SSSR count). The molecule has 0 spiro atoms. The summed E-state index contributed by atoms with van der Waals surface area (Å²) in [5.41, 5.74) is 9.95. The summed E-state index contributed by atoms with van der Waals surface area (Å²) < 4.78 is 1.72. The number of hydrogen-bond donors (Lipinski definition) is 1. The number of aryl methyl sites for hydroxylation is 1. The summed E-state index contributed by atoms with van der Waals surface area (Å²) in [6.07, 6.45) is 1.97. The fourth-order valence-electron chi connectivity index (χ4n) is 2.37. The van der Waals surface area contributed by atoms with Gasteiger partial charge in [-0.2, -0.15) is 4.98 Å². The first-order valence-electron chi connectivity index (χ1n) is 6.51. The van der Waals surface area contributed by atoms with Crippen LogP contribution < -0.4 is 10.6 Å². The maximum absolute atomic E-state index is 5.63. The highest BCUT2D eigenvalue weighted by Crippen LogP contribution is 2.21.